The average Bonchev–Trinajstić information content (AvgIpc) is 2.97. The van der Waals surface area contributed by atoms with Gasteiger partial charge in [-0.15, -0.1) is 0 Å². The molecule has 0 aromatic carbocycles. The topological polar surface area (TPSA) is 89.3 Å². The lowest BCUT2D eigenvalue weighted by Gasteiger charge is -2.04. The second-order valence-electron chi connectivity index (χ2n) is 3.91. The molecule has 0 aliphatic carbocycles. The predicted octanol–water partition coefficient (Wildman–Crippen LogP) is 1.31. The maximum Gasteiger partial charge on any atom is 0.240 e. The molecule has 0 radical (unpaired) electrons. The van der Waals surface area contributed by atoms with Gasteiger partial charge in [-0.1, -0.05) is 5.16 Å². The van der Waals surface area contributed by atoms with Gasteiger partial charge in [0, 0.05) is 12.5 Å². The van der Waals surface area contributed by atoms with Crippen molar-refractivity contribution in [1.82, 2.24) is 9.88 Å². The molecule has 2 rings (SSSR count). The summed E-state index contributed by atoms with van der Waals surface area (Å²) >= 11 is 1.54. The molecule has 1 amide bonds. The second kappa shape index (κ2) is 5.98. The minimum absolute atomic E-state index is 0.134. The van der Waals surface area contributed by atoms with E-state index in [4.69, 9.17) is 0 Å². The Morgan fingerprint density at radius 1 is 1.42 bits per heavy atom. The zero-order chi connectivity index (χ0) is 13.7. The normalized spacial score (nSPS) is 11.4. The molecule has 2 aromatic rings. The minimum Gasteiger partial charge on any atom is -0.364 e. The molecule has 102 valence electrons. The fraction of sp³-hybridized carbons (Fsp3) is 0.273. The number of nitrogens with one attached hydrogen (secondary N) is 1. The molecule has 8 heteroatoms. The molecule has 1 N–H and O–H groups in total. The first-order valence-electron chi connectivity index (χ1n) is 5.49. The van der Waals surface area contributed by atoms with Crippen LogP contribution in [0.4, 0.5) is 0 Å². The van der Waals surface area contributed by atoms with E-state index in [-0.39, 0.29) is 17.9 Å². The van der Waals surface area contributed by atoms with E-state index < -0.39 is 15.9 Å². The van der Waals surface area contributed by atoms with Crippen molar-refractivity contribution in [3.05, 3.63) is 40.4 Å². The number of carbonyl (C=O) groups is 1. The van der Waals surface area contributed by atoms with Gasteiger partial charge < -0.3 is 4.52 Å². The number of amides is 1. The lowest BCUT2D eigenvalue weighted by atomic mass is 10.2. The Kier molecular flexibility index (Phi) is 4.33. The van der Waals surface area contributed by atoms with Crippen LogP contribution in [0.1, 0.15) is 17.7 Å². The van der Waals surface area contributed by atoms with Gasteiger partial charge in [0.05, 0.1) is 0 Å². The Morgan fingerprint density at radius 2 is 2.26 bits per heavy atom. The van der Waals surface area contributed by atoms with Gasteiger partial charge in [0.15, 0.2) is 0 Å². The van der Waals surface area contributed by atoms with Crippen LogP contribution in [0.15, 0.2) is 33.7 Å². The Bertz CT molecular complexity index is 618. The predicted molar refractivity (Wildman–Crippen MR) is 69.9 cm³/mol. The van der Waals surface area contributed by atoms with E-state index in [0.29, 0.717) is 6.42 Å². The molecule has 2 aromatic heterocycles. The SMILES string of the molecule is O=C(CCc1ccsc1)NS(=O)(=O)Cc1ccon1. The number of rotatable bonds is 6. The van der Waals surface area contributed by atoms with Crippen molar-refractivity contribution >= 4 is 27.3 Å². The van der Waals surface area contributed by atoms with Crippen molar-refractivity contribution in [2.24, 2.45) is 0 Å². The zero-order valence-electron chi connectivity index (χ0n) is 9.90. The molecule has 0 bridgehead atoms. The van der Waals surface area contributed by atoms with Crippen LogP contribution in [0.3, 0.4) is 0 Å². The van der Waals surface area contributed by atoms with Crippen molar-refractivity contribution in [1.29, 1.82) is 0 Å². The molecular weight excluding hydrogens is 288 g/mol. The van der Waals surface area contributed by atoms with E-state index in [9.17, 15) is 13.2 Å². The van der Waals surface area contributed by atoms with Crippen LogP contribution in [-0.4, -0.2) is 19.5 Å². The van der Waals surface area contributed by atoms with Crippen molar-refractivity contribution in [3.8, 4) is 0 Å². The number of aryl methyl sites for hydroxylation is 1. The van der Waals surface area contributed by atoms with E-state index in [2.05, 4.69) is 9.68 Å². The van der Waals surface area contributed by atoms with Crippen LogP contribution in [0, 0.1) is 0 Å². The summed E-state index contributed by atoms with van der Waals surface area (Å²) < 4.78 is 29.9. The third kappa shape index (κ3) is 4.49. The summed E-state index contributed by atoms with van der Waals surface area (Å²) in [6, 6.07) is 3.34. The van der Waals surface area contributed by atoms with E-state index in [1.807, 2.05) is 21.5 Å². The molecule has 0 fully saturated rings. The fourth-order valence-electron chi connectivity index (χ4n) is 1.46. The molecule has 0 atom stereocenters. The second-order valence-corrected chi connectivity index (χ2v) is 6.41. The van der Waals surface area contributed by atoms with Gasteiger partial charge in [-0.05, 0) is 28.8 Å². The van der Waals surface area contributed by atoms with E-state index in [1.54, 1.807) is 0 Å². The summed E-state index contributed by atoms with van der Waals surface area (Å²) in [5.41, 5.74) is 1.28. The molecule has 0 spiro atoms. The summed E-state index contributed by atoms with van der Waals surface area (Å²) in [5, 5.41) is 7.33. The Labute approximate surface area is 114 Å². The molecule has 0 aliphatic heterocycles. The van der Waals surface area contributed by atoms with Crippen LogP contribution >= 0.6 is 11.3 Å². The van der Waals surface area contributed by atoms with Gasteiger partial charge in [0.1, 0.15) is 17.7 Å². The summed E-state index contributed by atoms with van der Waals surface area (Å²) in [7, 11) is -3.71. The van der Waals surface area contributed by atoms with Gasteiger partial charge in [0.25, 0.3) is 0 Å². The van der Waals surface area contributed by atoms with Gasteiger partial charge in [0.2, 0.25) is 15.9 Å². The summed E-state index contributed by atoms with van der Waals surface area (Å²) in [5.74, 6) is -0.886. The zero-order valence-corrected chi connectivity index (χ0v) is 11.5. The maximum absolute atomic E-state index is 11.7. The summed E-state index contributed by atoms with van der Waals surface area (Å²) in [6.07, 6.45) is 1.94. The molecule has 0 saturated heterocycles. The van der Waals surface area contributed by atoms with Crippen molar-refractivity contribution < 1.29 is 17.7 Å². The van der Waals surface area contributed by atoms with E-state index >= 15 is 0 Å². The number of sulfonamides is 1. The van der Waals surface area contributed by atoms with Gasteiger partial charge in [-0.2, -0.15) is 11.3 Å². The minimum atomic E-state index is -3.71. The quantitative estimate of drug-likeness (QED) is 0.869. The van der Waals surface area contributed by atoms with Crippen molar-refractivity contribution in [2.45, 2.75) is 18.6 Å². The molecule has 0 saturated carbocycles. The fourth-order valence-corrected chi connectivity index (χ4v) is 3.22. The third-order valence-electron chi connectivity index (χ3n) is 2.32. The number of thiophene rings is 1. The Hall–Kier alpha value is -1.67. The van der Waals surface area contributed by atoms with Gasteiger partial charge >= 0.3 is 0 Å². The van der Waals surface area contributed by atoms with Crippen LogP contribution in [0.2, 0.25) is 0 Å². The highest BCUT2D eigenvalue weighted by atomic mass is 32.2. The highest BCUT2D eigenvalue weighted by molar-refractivity contribution is 7.89. The maximum atomic E-state index is 11.7. The molecule has 6 nitrogen and oxygen atoms in total. The molecule has 0 aliphatic rings. The first kappa shape index (κ1) is 13.8. The highest BCUT2D eigenvalue weighted by Crippen LogP contribution is 2.08. The Morgan fingerprint density at radius 3 is 2.89 bits per heavy atom. The first-order valence-corrected chi connectivity index (χ1v) is 8.08. The van der Waals surface area contributed by atoms with Crippen LogP contribution in [0.5, 0.6) is 0 Å². The van der Waals surface area contributed by atoms with Crippen LogP contribution in [-0.2, 0) is 27.0 Å². The smallest absolute Gasteiger partial charge is 0.240 e. The van der Waals surface area contributed by atoms with E-state index in [0.717, 1.165) is 5.56 Å². The number of hydrogen-bond donors (Lipinski definition) is 1. The first-order chi connectivity index (χ1) is 9.05. The van der Waals surface area contributed by atoms with Crippen LogP contribution < -0.4 is 4.72 Å². The lowest BCUT2D eigenvalue weighted by molar-refractivity contribution is -0.119. The number of hydrogen-bond acceptors (Lipinski definition) is 6. The number of nitrogens with zero attached hydrogens (tertiary/aromatic N) is 1. The van der Waals surface area contributed by atoms with Gasteiger partial charge in [-0.25, -0.2) is 8.42 Å². The number of carbonyl (C=O) groups excluding carboxylic acids is 1. The van der Waals surface area contributed by atoms with E-state index in [1.165, 1.54) is 23.7 Å². The number of aromatic nitrogens is 1. The molecule has 0 unspecified atom stereocenters. The van der Waals surface area contributed by atoms with Crippen molar-refractivity contribution in [3.63, 3.8) is 0 Å². The third-order valence-corrected chi connectivity index (χ3v) is 4.27. The average molecular weight is 300 g/mol. The van der Waals surface area contributed by atoms with Gasteiger partial charge in [-0.3, -0.25) is 9.52 Å². The standard InChI is InChI=1S/C11H12N2O4S2/c14-11(2-1-9-4-6-18-7-9)13-19(15,16)8-10-3-5-17-12-10/h3-7H,1-2,8H2,(H,13,14). The summed E-state index contributed by atoms with van der Waals surface area (Å²) in [6.45, 7) is 0. The monoisotopic (exact) mass is 300 g/mol. The molecular formula is C11H12N2O4S2. The largest absolute Gasteiger partial charge is 0.364 e. The molecule has 19 heavy (non-hydrogen) atoms. The lowest BCUT2D eigenvalue weighted by Crippen LogP contribution is -2.31. The van der Waals surface area contributed by atoms with Crippen molar-refractivity contribution in [2.75, 3.05) is 0 Å². The van der Waals surface area contributed by atoms with Crippen LogP contribution in [0.25, 0.3) is 0 Å². The Balaban J connectivity index is 1.84. The summed E-state index contributed by atoms with van der Waals surface area (Å²) in [4.78, 5) is 11.6. The molecule has 2 heterocycles. The highest BCUT2D eigenvalue weighted by Gasteiger charge is 2.16.